The molecule has 0 heterocycles. The molecule has 0 aromatic heterocycles. The minimum Gasteiger partial charge on any atom is -0.384 e. The van der Waals surface area contributed by atoms with Crippen molar-refractivity contribution in [2.45, 2.75) is 6.10 Å². The van der Waals surface area contributed by atoms with Crippen LogP contribution in [0.5, 0.6) is 0 Å². The molecule has 1 amide bonds. The number of anilines is 1. The number of carbonyl (C=O) groups is 1. The van der Waals surface area contributed by atoms with E-state index in [4.69, 9.17) is 11.6 Å². The zero-order valence-electron chi connectivity index (χ0n) is 15.0. The summed E-state index contributed by atoms with van der Waals surface area (Å²) in [5, 5.41) is 16.1. The fourth-order valence-corrected chi connectivity index (χ4v) is 3.48. The number of hydrogen-bond donors (Lipinski definition) is 2. The van der Waals surface area contributed by atoms with Gasteiger partial charge in [-0.3, -0.25) is 4.79 Å². The molecule has 138 valence electrons. The minimum atomic E-state index is -0.900. The van der Waals surface area contributed by atoms with Crippen LogP contribution >= 0.6 is 11.6 Å². The van der Waals surface area contributed by atoms with Crippen molar-refractivity contribution < 1.29 is 9.90 Å². The van der Waals surface area contributed by atoms with Gasteiger partial charge in [0.2, 0.25) is 0 Å². The molecule has 0 aliphatic rings. The molecule has 28 heavy (non-hydrogen) atoms. The van der Waals surface area contributed by atoms with Crippen molar-refractivity contribution in [2.24, 2.45) is 0 Å². The molecule has 0 fully saturated rings. The van der Waals surface area contributed by atoms with Gasteiger partial charge in [-0.25, -0.2) is 0 Å². The summed E-state index contributed by atoms with van der Waals surface area (Å²) in [6, 6.07) is 27.7. The van der Waals surface area contributed by atoms with Crippen molar-refractivity contribution >= 4 is 34.0 Å². The summed E-state index contributed by atoms with van der Waals surface area (Å²) >= 11 is 6.16. The fourth-order valence-electron chi connectivity index (χ4n) is 3.30. The van der Waals surface area contributed by atoms with Crippen molar-refractivity contribution in [2.75, 3.05) is 5.32 Å². The Kier molecular flexibility index (Phi) is 5.11. The lowest BCUT2D eigenvalue weighted by atomic mass is 9.99. The molecule has 0 unspecified atom stereocenters. The van der Waals surface area contributed by atoms with E-state index in [1.807, 2.05) is 66.7 Å². The van der Waals surface area contributed by atoms with Gasteiger partial charge in [0.25, 0.3) is 5.91 Å². The highest BCUT2D eigenvalue weighted by Crippen LogP contribution is 2.31. The number of aliphatic hydroxyl groups is 1. The Bertz CT molecular complexity index is 1140. The number of benzene rings is 4. The summed E-state index contributed by atoms with van der Waals surface area (Å²) in [7, 11) is 0. The summed E-state index contributed by atoms with van der Waals surface area (Å²) < 4.78 is 0. The quantitative estimate of drug-likeness (QED) is 0.463. The lowest BCUT2D eigenvalue weighted by Gasteiger charge is -2.17. The number of carbonyl (C=O) groups excluding carboxylic acids is 1. The number of rotatable bonds is 4. The molecule has 3 nitrogen and oxygen atoms in total. The molecule has 0 radical (unpaired) electrons. The molecule has 4 rings (SSSR count). The summed E-state index contributed by atoms with van der Waals surface area (Å²) in [6.07, 6.45) is -0.900. The maximum absolute atomic E-state index is 13.0. The molecule has 1 atom stereocenters. The Morgan fingerprint density at radius 1 is 0.857 bits per heavy atom. The molecule has 0 bridgehead atoms. The summed E-state index contributed by atoms with van der Waals surface area (Å²) in [4.78, 5) is 13.0. The van der Waals surface area contributed by atoms with Gasteiger partial charge >= 0.3 is 0 Å². The van der Waals surface area contributed by atoms with Crippen molar-refractivity contribution in [3.05, 3.63) is 113 Å². The molecule has 4 aromatic rings. The molecule has 0 saturated carbocycles. The van der Waals surface area contributed by atoms with Gasteiger partial charge in [-0.15, -0.1) is 0 Å². The lowest BCUT2D eigenvalue weighted by Crippen LogP contribution is -2.15. The Labute approximate surface area is 168 Å². The average molecular weight is 388 g/mol. The van der Waals surface area contributed by atoms with Gasteiger partial charge in [0.15, 0.2) is 0 Å². The second-order valence-corrected chi connectivity index (χ2v) is 6.96. The van der Waals surface area contributed by atoms with Crippen LogP contribution in [0.1, 0.15) is 27.6 Å². The van der Waals surface area contributed by atoms with E-state index in [0.29, 0.717) is 21.8 Å². The lowest BCUT2D eigenvalue weighted by molar-refractivity contribution is 0.102. The van der Waals surface area contributed by atoms with Gasteiger partial charge < -0.3 is 10.4 Å². The SMILES string of the molecule is O=C(Nc1ccc(Cl)cc1[C@@H](O)c1ccccc1)c1cccc2ccccc12. The second-order valence-electron chi connectivity index (χ2n) is 6.53. The van der Waals surface area contributed by atoms with E-state index in [-0.39, 0.29) is 5.91 Å². The smallest absolute Gasteiger partial charge is 0.256 e. The van der Waals surface area contributed by atoms with Crippen LogP contribution in [0.15, 0.2) is 91.0 Å². The number of hydrogen-bond acceptors (Lipinski definition) is 2. The third-order valence-corrected chi connectivity index (χ3v) is 4.94. The molecular weight excluding hydrogens is 370 g/mol. The van der Waals surface area contributed by atoms with Crippen LogP contribution in [0.2, 0.25) is 5.02 Å². The fraction of sp³-hybridized carbons (Fsp3) is 0.0417. The predicted octanol–water partition coefficient (Wildman–Crippen LogP) is 5.83. The zero-order chi connectivity index (χ0) is 19.5. The Morgan fingerprint density at radius 3 is 2.39 bits per heavy atom. The van der Waals surface area contributed by atoms with Crippen LogP contribution in [0.3, 0.4) is 0 Å². The van der Waals surface area contributed by atoms with E-state index >= 15 is 0 Å². The molecule has 0 aliphatic carbocycles. The highest BCUT2D eigenvalue weighted by Gasteiger charge is 2.18. The maximum atomic E-state index is 13.0. The second kappa shape index (κ2) is 7.85. The van der Waals surface area contributed by atoms with Crippen LogP contribution in [0.4, 0.5) is 5.69 Å². The molecule has 0 spiro atoms. The summed E-state index contributed by atoms with van der Waals surface area (Å²) in [5.41, 5.74) is 2.38. The van der Waals surface area contributed by atoms with E-state index in [1.54, 1.807) is 24.3 Å². The first-order valence-corrected chi connectivity index (χ1v) is 9.33. The number of nitrogens with one attached hydrogen (secondary N) is 1. The van der Waals surface area contributed by atoms with Gasteiger partial charge in [-0.1, -0.05) is 78.3 Å². The predicted molar refractivity (Wildman–Crippen MR) is 114 cm³/mol. The van der Waals surface area contributed by atoms with Crippen molar-refractivity contribution in [3.63, 3.8) is 0 Å². The highest BCUT2D eigenvalue weighted by molar-refractivity contribution is 6.30. The zero-order valence-corrected chi connectivity index (χ0v) is 15.7. The third kappa shape index (κ3) is 3.63. The van der Waals surface area contributed by atoms with Crippen molar-refractivity contribution in [1.29, 1.82) is 0 Å². The number of amides is 1. The van der Waals surface area contributed by atoms with E-state index < -0.39 is 6.10 Å². The van der Waals surface area contributed by atoms with Crippen LogP contribution in [-0.2, 0) is 0 Å². The summed E-state index contributed by atoms with van der Waals surface area (Å²) in [5.74, 6) is -0.236. The first-order chi connectivity index (χ1) is 13.6. The van der Waals surface area contributed by atoms with Crippen LogP contribution in [-0.4, -0.2) is 11.0 Å². The van der Waals surface area contributed by atoms with Gasteiger partial charge in [-0.05, 0) is 40.6 Å². The van der Waals surface area contributed by atoms with E-state index in [9.17, 15) is 9.90 Å². The Hall–Kier alpha value is -3.14. The monoisotopic (exact) mass is 387 g/mol. The average Bonchev–Trinajstić information content (AvgIpc) is 2.74. The van der Waals surface area contributed by atoms with Gasteiger partial charge in [0.05, 0.1) is 0 Å². The van der Waals surface area contributed by atoms with Crippen molar-refractivity contribution in [1.82, 2.24) is 0 Å². The van der Waals surface area contributed by atoms with E-state index in [0.717, 1.165) is 16.3 Å². The standard InChI is InChI=1S/C24H18ClNO2/c25-18-13-14-22(21(15-18)23(27)17-8-2-1-3-9-17)26-24(28)20-12-6-10-16-7-4-5-11-19(16)20/h1-15,23,27H,(H,26,28)/t23-/m0/s1. The van der Waals surface area contributed by atoms with Crippen LogP contribution in [0, 0.1) is 0 Å². The maximum Gasteiger partial charge on any atom is 0.256 e. The Morgan fingerprint density at radius 2 is 1.57 bits per heavy atom. The number of aliphatic hydroxyl groups excluding tert-OH is 1. The van der Waals surface area contributed by atoms with Gasteiger partial charge in [-0.2, -0.15) is 0 Å². The van der Waals surface area contributed by atoms with Gasteiger partial charge in [0.1, 0.15) is 6.10 Å². The van der Waals surface area contributed by atoms with E-state index in [1.165, 1.54) is 0 Å². The topological polar surface area (TPSA) is 49.3 Å². The molecule has 4 aromatic carbocycles. The first kappa shape index (κ1) is 18.2. The number of fused-ring (bicyclic) bond motifs is 1. The highest BCUT2D eigenvalue weighted by atomic mass is 35.5. The minimum absolute atomic E-state index is 0.236. The number of halogens is 1. The van der Waals surface area contributed by atoms with Crippen LogP contribution < -0.4 is 5.32 Å². The third-order valence-electron chi connectivity index (χ3n) is 4.71. The molecular formula is C24H18ClNO2. The van der Waals surface area contributed by atoms with E-state index in [2.05, 4.69) is 5.32 Å². The molecule has 2 N–H and O–H groups in total. The largest absolute Gasteiger partial charge is 0.384 e. The summed E-state index contributed by atoms with van der Waals surface area (Å²) in [6.45, 7) is 0. The normalized spacial score (nSPS) is 11.9. The Balaban J connectivity index is 1.71. The molecule has 4 heteroatoms. The molecule has 0 aliphatic heterocycles. The van der Waals surface area contributed by atoms with Gasteiger partial charge in [0, 0.05) is 21.8 Å². The van der Waals surface area contributed by atoms with Crippen molar-refractivity contribution in [3.8, 4) is 0 Å². The van der Waals surface area contributed by atoms with Crippen LogP contribution in [0.25, 0.3) is 10.8 Å². The molecule has 0 saturated heterocycles. The first-order valence-electron chi connectivity index (χ1n) is 8.95.